The molecule has 0 saturated carbocycles. The number of hydrogen-bond acceptors (Lipinski definition) is 4. The molecule has 2 N–H and O–H groups in total. The quantitative estimate of drug-likeness (QED) is 0.880. The molecule has 1 aromatic rings. The van der Waals surface area contributed by atoms with Crippen molar-refractivity contribution >= 4 is 33.2 Å². The lowest BCUT2D eigenvalue weighted by atomic mass is 10.1. The highest BCUT2D eigenvalue weighted by atomic mass is 35.5. The van der Waals surface area contributed by atoms with E-state index in [0.717, 1.165) is 6.42 Å². The van der Waals surface area contributed by atoms with Gasteiger partial charge < -0.3 is 10.5 Å². The minimum Gasteiger partial charge on any atom is -0.384 e. The molecule has 118 valence electrons. The van der Waals surface area contributed by atoms with Crippen LogP contribution < -0.4 is 5.73 Å². The molecule has 0 spiro atoms. The van der Waals surface area contributed by atoms with Crippen LogP contribution in [0.2, 0.25) is 10.0 Å². The van der Waals surface area contributed by atoms with Crippen LogP contribution in [0.4, 0.5) is 0 Å². The monoisotopic (exact) mass is 352 g/mol. The van der Waals surface area contributed by atoms with Crippen molar-refractivity contribution in [2.45, 2.75) is 17.9 Å². The molecular weight excluding hydrogens is 335 g/mol. The molecule has 21 heavy (non-hydrogen) atoms. The van der Waals surface area contributed by atoms with Crippen molar-refractivity contribution in [1.82, 2.24) is 4.31 Å². The van der Waals surface area contributed by atoms with Gasteiger partial charge in [-0.15, -0.1) is 0 Å². The number of halogens is 2. The third-order valence-corrected chi connectivity index (χ3v) is 6.23. The molecular formula is C13H18Cl2N2O3S. The van der Waals surface area contributed by atoms with Gasteiger partial charge in [0.15, 0.2) is 0 Å². The molecule has 8 heteroatoms. The second-order valence-corrected chi connectivity index (χ2v) is 7.78. The van der Waals surface area contributed by atoms with Gasteiger partial charge in [-0.25, -0.2) is 8.42 Å². The molecule has 1 saturated heterocycles. The summed E-state index contributed by atoms with van der Waals surface area (Å²) < 4.78 is 32.0. The van der Waals surface area contributed by atoms with Crippen molar-refractivity contribution < 1.29 is 13.2 Å². The van der Waals surface area contributed by atoms with E-state index < -0.39 is 10.0 Å². The molecule has 2 rings (SSSR count). The summed E-state index contributed by atoms with van der Waals surface area (Å²) in [6.45, 7) is 1.56. The number of rotatable bonds is 5. The molecule has 0 radical (unpaired) electrons. The van der Waals surface area contributed by atoms with Crippen molar-refractivity contribution in [2.75, 3.05) is 26.8 Å². The fraction of sp³-hybridized carbons (Fsp3) is 0.538. The van der Waals surface area contributed by atoms with E-state index >= 15 is 0 Å². The molecule has 5 nitrogen and oxygen atoms in total. The number of methoxy groups -OCH3 is 1. The van der Waals surface area contributed by atoms with Crippen LogP contribution in [0.15, 0.2) is 17.0 Å². The van der Waals surface area contributed by atoms with E-state index in [-0.39, 0.29) is 22.4 Å². The number of benzene rings is 1. The number of hydrogen-bond donors (Lipinski definition) is 1. The summed E-state index contributed by atoms with van der Waals surface area (Å²) in [7, 11) is -2.06. The first-order valence-electron chi connectivity index (χ1n) is 6.57. The van der Waals surface area contributed by atoms with Crippen LogP contribution in [-0.4, -0.2) is 39.5 Å². The van der Waals surface area contributed by atoms with Gasteiger partial charge in [-0.2, -0.15) is 4.31 Å². The lowest BCUT2D eigenvalue weighted by molar-refractivity contribution is 0.157. The zero-order chi connectivity index (χ0) is 15.6. The van der Waals surface area contributed by atoms with Crippen LogP contribution in [-0.2, 0) is 21.3 Å². The third-order valence-electron chi connectivity index (χ3n) is 3.57. The summed E-state index contributed by atoms with van der Waals surface area (Å²) >= 11 is 12.1. The lowest BCUT2D eigenvalue weighted by Gasteiger charge is -2.18. The highest BCUT2D eigenvalue weighted by molar-refractivity contribution is 7.89. The normalized spacial score (nSPS) is 20.1. The van der Waals surface area contributed by atoms with Crippen LogP contribution in [0.3, 0.4) is 0 Å². The lowest BCUT2D eigenvalue weighted by Crippen LogP contribution is -2.30. The van der Waals surface area contributed by atoms with Gasteiger partial charge >= 0.3 is 0 Å². The topological polar surface area (TPSA) is 72.6 Å². The van der Waals surface area contributed by atoms with Crippen molar-refractivity contribution in [3.8, 4) is 0 Å². The summed E-state index contributed by atoms with van der Waals surface area (Å²) in [5.41, 5.74) is 6.10. The second kappa shape index (κ2) is 6.81. The van der Waals surface area contributed by atoms with Gasteiger partial charge in [0.2, 0.25) is 10.0 Å². The standard InChI is InChI=1S/C13H18Cl2N2O3S/c1-20-8-9-2-3-17(7-9)21(18,19)12-5-11(14)4-10(6-16)13(12)15/h4-5,9H,2-3,6-8,16H2,1H3. The number of nitrogens with zero attached hydrogens (tertiary/aromatic N) is 1. The molecule has 0 aromatic heterocycles. The Morgan fingerprint density at radius 2 is 2.14 bits per heavy atom. The van der Waals surface area contributed by atoms with Gasteiger partial charge in [-0.05, 0) is 30.0 Å². The molecule has 1 heterocycles. The van der Waals surface area contributed by atoms with E-state index in [9.17, 15) is 8.42 Å². The second-order valence-electron chi connectivity index (χ2n) is 5.05. The molecule has 1 aromatic carbocycles. The maximum absolute atomic E-state index is 12.7. The zero-order valence-corrected chi connectivity index (χ0v) is 14.0. The highest BCUT2D eigenvalue weighted by Crippen LogP contribution is 2.33. The number of nitrogens with two attached hydrogens (primary N) is 1. The van der Waals surface area contributed by atoms with Crippen LogP contribution in [0.1, 0.15) is 12.0 Å². The smallest absolute Gasteiger partial charge is 0.244 e. The summed E-state index contributed by atoms with van der Waals surface area (Å²) in [6.07, 6.45) is 0.773. The van der Waals surface area contributed by atoms with Gasteiger partial charge in [0, 0.05) is 31.8 Å². The molecule has 1 aliphatic rings. The van der Waals surface area contributed by atoms with Crippen molar-refractivity contribution in [3.05, 3.63) is 27.7 Å². The Bertz CT molecular complexity index is 622. The average Bonchev–Trinajstić information content (AvgIpc) is 2.90. The van der Waals surface area contributed by atoms with E-state index in [1.807, 2.05) is 0 Å². The largest absolute Gasteiger partial charge is 0.384 e. The Labute approximate surface area is 135 Å². The molecule has 0 amide bonds. The van der Waals surface area contributed by atoms with Gasteiger partial charge in [-0.3, -0.25) is 0 Å². The summed E-state index contributed by atoms with van der Waals surface area (Å²) in [6, 6.07) is 2.96. The van der Waals surface area contributed by atoms with Crippen molar-refractivity contribution in [3.63, 3.8) is 0 Å². The van der Waals surface area contributed by atoms with Crippen LogP contribution in [0.25, 0.3) is 0 Å². The van der Waals surface area contributed by atoms with E-state index in [1.165, 1.54) is 10.4 Å². The molecule has 1 aliphatic heterocycles. The summed E-state index contributed by atoms with van der Waals surface area (Å²) in [5, 5.41) is 0.461. The molecule has 0 bridgehead atoms. The fourth-order valence-electron chi connectivity index (χ4n) is 2.48. The predicted molar refractivity (Wildman–Crippen MR) is 83.1 cm³/mol. The van der Waals surface area contributed by atoms with Gasteiger partial charge in [0.05, 0.1) is 11.6 Å². The number of ether oxygens (including phenoxy) is 1. The fourth-order valence-corrected chi connectivity index (χ4v) is 4.93. The van der Waals surface area contributed by atoms with E-state index in [4.69, 9.17) is 33.7 Å². The van der Waals surface area contributed by atoms with E-state index in [0.29, 0.717) is 30.3 Å². The van der Waals surface area contributed by atoms with Gasteiger partial charge in [0.25, 0.3) is 0 Å². The van der Waals surface area contributed by atoms with Gasteiger partial charge in [-0.1, -0.05) is 23.2 Å². The zero-order valence-electron chi connectivity index (χ0n) is 11.7. The minimum absolute atomic E-state index is 0.0233. The van der Waals surface area contributed by atoms with Gasteiger partial charge in [0.1, 0.15) is 4.90 Å². The minimum atomic E-state index is -3.67. The summed E-state index contributed by atoms with van der Waals surface area (Å²) in [5.74, 6) is 0.205. The van der Waals surface area contributed by atoms with Crippen LogP contribution >= 0.6 is 23.2 Å². The predicted octanol–water partition coefficient (Wildman–Crippen LogP) is 2.11. The first-order chi connectivity index (χ1) is 9.90. The third kappa shape index (κ3) is 3.52. The Morgan fingerprint density at radius 3 is 2.76 bits per heavy atom. The Kier molecular flexibility index (Phi) is 5.51. The Morgan fingerprint density at radius 1 is 1.43 bits per heavy atom. The number of sulfonamides is 1. The average molecular weight is 353 g/mol. The Hall–Kier alpha value is -0.370. The van der Waals surface area contributed by atoms with E-state index in [2.05, 4.69) is 0 Å². The maximum Gasteiger partial charge on any atom is 0.244 e. The molecule has 1 unspecified atom stereocenters. The van der Waals surface area contributed by atoms with Crippen LogP contribution in [0.5, 0.6) is 0 Å². The van der Waals surface area contributed by atoms with E-state index in [1.54, 1.807) is 13.2 Å². The highest BCUT2D eigenvalue weighted by Gasteiger charge is 2.34. The maximum atomic E-state index is 12.7. The summed E-state index contributed by atoms with van der Waals surface area (Å²) in [4.78, 5) is 0.0233. The van der Waals surface area contributed by atoms with Crippen molar-refractivity contribution in [1.29, 1.82) is 0 Å². The SMILES string of the molecule is COCC1CCN(S(=O)(=O)c2cc(Cl)cc(CN)c2Cl)C1. The van der Waals surface area contributed by atoms with Crippen LogP contribution in [0, 0.1) is 5.92 Å². The Balaban J connectivity index is 2.35. The van der Waals surface area contributed by atoms with Crippen molar-refractivity contribution in [2.24, 2.45) is 11.7 Å². The molecule has 1 fully saturated rings. The first-order valence-corrected chi connectivity index (χ1v) is 8.76. The molecule has 0 aliphatic carbocycles. The first kappa shape index (κ1) is 17.0. The molecule has 1 atom stereocenters.